The summed E-state index contributed by atoms with van der Waals surface area (Å²) < 4.78 is 40.2. The highest BCUT2D eigenvalue weighted by Gasteiger charge is 2.29. The first kappa shape index (κ1) is 16.3. The smallest absolute Gasteiger partial charge is 0.194 e. The summed E-state index contributed by atoms with van der Waals surface area (Å²) in [4.78, 5) is 0. The fourth-order valence-corrected chi connectivity index (χ4v) is 3.54. The van der Waals surface area contributed by atoms with Gasteiger partial charge in [0.05, 0.1) is 0 Å². The van der Waals surface area contributed by atoms with Crippen molar-refractivity contribution in [2.75, 3.05) is 6.54 Å². The molecule has 0 heterocycles. The molecule has 0 bridgehead atoms. The van der Waals surface area contributed by atoms with Crippen molar-refractivity contribution in [1.82, 2.24) is 5.32 Å². The van der Waals surface area contributed by atoms with Gasteiger partial charge in [-0.25, -0.2) is 13.2 Å². The zero-order chi connectivity index (χ0) is 15.4. The van der Waals surface area contributed by atoms with Crippen LogP contribution in [0.15, 0.2) is 12.1 Å². The second-order valence-electron chi connectivity index (χ2n) is 6.03. The summed E-state index contributed by atoms with van der Waals surface area (Å²) in [6, 6.07) is 2.18. The van der Waals surface area contributed by atoms with Crippen LogP contribution in [0.1, 0.15) is 57.6 Å². The fraction of sp³-hybridized carbons (Fsp3) is 0.647. The third-order valence-corrected chi connectivity index (χ3v) is 4.66. The Balaban J connectivity index is 2.26. The molecule has 0 amide bonds. The first-order chi connectivity index (χ1) is 10.1. The van der Waals surface area contributed by atoms with Crippen molar-refractivity contribution in [3.8, 4) is 0 Å². The van der Waals surface area contributed by atoms with Gasteiger partial charge in [-0.3, -0.25) is 0 Å². The number of rotatable bonds is 5. The minimum absolute atomic E-state index is 0.103. The third kappa shape index (κ3) is 3.79. The molecule has 1 aliphatic rings. The summed E-state index contributed by atoms with van der Waals surface area (Å²) >= 11 is 0. The third-order valence-electron chi connectivity index (χ3n) is 4.66. The summed E-state index contributed by atoms with van der Waals surface area (Å²) in [5.41, 5.74) is 0.523. The van der Waals surface area contributed by atoms with E-state index in [1.807, 2.05) is 6.92 Å². The lowest BCUT2D eigenvalue weighted by Crippen LogP contribution is -2.32. The standard InChI is InChI=1S/C17H24F3N/c1-3-11-6-5-7-12(8-11)17(21-4-2)13-9-14(18)16(20)15(19)10-13/h9-12,17,21H,3-8H2,1-2H3. The summed E-state index contributed by atoms with van der Waals surface area (Å²) in [5.74, 6) is -2.55. The van der Waals surface area contributed by atoms with E-state index >= 15 is 0 Å². The molecule has 0 saturated heterocycles. The maximum absolute atomic E-state index is 13.5. The summed E-state index contributed by atoms with van der Waals surface area (Å²) in [7, 11) is 0. The van der Waals surface area contributed by atoms with Crippen molar-refractivity contribution in [2.45, 2.75) is 52.0 Å². The van der Waals surface area contributed by atoms with E-state index in [-0.39, 0.29) is 6.04 Å². The lowest BCUT2D eigenvalue weighted by molar-refractivity contribution is 0.210. The van der Waals surface area contributed by atoms with Crippen molar-refractivity contribution >= 4 is 0 Å². The molecule has 3 atom stereocenters. The normalized spacial score (nSPS) is 24.0. The monoisotopic (exact) mass is 299 g/mol. The first-order valence-corrected chi connectivity index (χ1v) is 7.94. The van der Waals surface area contributed by atoms with Gasteiger partial charge < -0.3 is 5.32 Å². The number of halogens is 3. The largest absolute Gasteiger partial charge is 0.310 e. The van der Waals surface area contributed by atoms with E-state index in [0.717, 1.165) is 44.4 Å². The molecule has 0 spiro atoms. The molecular formula is C17H24F3N. The van der Waals surface area contributed by atoms with Crippen LogP contribution >= 0.6 is 0 Å². The molecule has 2 rings (SSSR count). The van der Waals surface area contributed by atoms with Gasteiger partial charge in [0.25, 0.3) is 0 Å². The van der Waals surface area contributed by atoms with Crippen LogP contribution in [0, 0.1) is 29.3 Å². The van der Waals surface area contributed by atoms with E-state index < -0.39 is 17.5 Å². The topological polar surface area (TPSA) is 12.0 Å². The van der Waals surface area contributed by atoms with Gasteiger partial charge in [-0.1, -0.05) is 33.1 Å². The van der Waals surface area contributed by atoms with Crippen LogP contribution in [0.3, 0.4) is 0 Å². The number of nitrogens with one attached hydrogen (secondary N) is 1. The zero-order valence-corrected chi connectivity index (χ0v) is 12.8. The molecule has 1 N–H and O–H groups in total. The Hall–Kier alpha value is -1.03. The Labute approximate surface area is 124 Å². The highest BCUT2D eigenvalue weighted by atomic mass is 19.2. The minimum atomic E-state index is -1.39. The van der Waals surface area contributed by atoms with E-state index in [1.165, 1.54) is 6.42 Å². The molecular weight excluding hydrogens is 275 g/mol. The van der Waals surface area contributed by atoms with Crippen molar-refractivity contribution in [3.05, 3.63) is 35.1 Å². The van der Waals surface area contributed by atoms with Gasteiger partial charge in [0.15, 0.2) is 17.5 Å². The first-order valence-electron chi connectivity index (χ1n) is 7.94. The van der Waals surface area contributed by atoms with Gasteiger partial charge in [0.2, 0.25) is 0 Å². The molecule has 0 aliphatic heterocycles. The van der Waals surface area contributed by atoms with E-state index in [4.69, 9.17) is 0 Å². The molecule has 3 unspecified atom stereocenters. The number of benzene rings is 1. The molecule has 1 aromatic carbocycles. The molecule has 0 radical (unpaired) electrons. The molecule has 4 heteroatoms. The van der Waals surface area contributed by atoms with Crippen LogP contribution in [0.4, 0.5) is 13.2 Å². The van der Waals surface area contributed by atoms with Crippen molar-refractivity contribution in [2.24, 2.45) is 11.8 Å². The average Bonchev–Trinajstić information content (AvgIpc) is 2.49. The van der Waals surface area contributed by atoms with Crippen LogP contribution in [0.25, 0.3) is 0 Å². The summed E-state index contributed by atoms with van der Waals surface area (Å²) in [6.07, 6.45) is 5.64. The van der Waals surface area contributed by atoms with Crippen LogP contribution in [0.5, 0.6) is 0 Å². The zero-order valence-electron chi connectivity index (χ0n) is 12.8. The minimum Gasteiger partial charge on any atom is -0.310 e. The van der Waals surface area contributed by atoms with E-state index in [1.54, 1.807) is 0 Å². The van der Waals surface area contributed by atoms with Gasteiger partial charge in [0, 0.05) is 6.04 Å². The van der Waals surface area contributed by atoms with Gasteiger partial charge >= 0.3 is 0 Å². The molecule has 1 aromatic rings. The fourth-order valence-electron chi connectivity index (χ4n) is 3.54. The Morgan fingerprint density at radius 1 is 1.14 bits per heavy atom. The lowest BCUT2D eigenvalue weighted by atomic mass is 9.75. The maximum atomic E-state index is 13.5. The summed E-state index contributed by atoms with van der Waals surface area (Å²) in [6.45, 7) is 4.88. The predicted octanol–water partition coefficient (Wildman–Crippen LogP) is 4.97. The van der Waals surface area contributed by atoms with Gasteiger partial charge in [-0.15, -0.1) is 0 Å². The lowest BCUT2D eigenvalue weighted by Gasteiger charge is -2.35. The Morgan fingerprint density at radius 3 is 2.38 bits per heavy atom. The van der Waals surface area contributed by atoms with Crippen LogP contribution in [-0.4, -0.2) is 6.54 Å². The molecule has 1 saturated carbocycles. The van der Waals surface area contributed by atoms with Gasteiger partial charge in [-0.05, 0) is 48.9 Å². The second kappa shape index (κ2) is 7.30. The van der Waals surface area contributed by atoms with Crippen molar-refractivity contribution in [3.63, 3.8) is 0 Å². The molecule has 1 fully saturated rings. The average molecular weight is 299 g/mol. The van der Waals surface area contributed by atoms with E-state index in [9.17, 15) is 13.2 Å². The predicted molar refractivity (Wildman–Crippen MR) is 78.5 cm³/mol. The van der Waals surface area contributed by atoms with Gasteiger partial charge in [0.1, 0.15) is 0 Å². The van der Waals surface area contributed by atoms with Crippen molar-refractivity contribution < 1.29 is 13.2 Å². The quantitative estimate of drug-likeness (QED) is 0.757. The number of hydrogen-bond donors (Lipinski definition) is 1. The Morgan fingerprint density at radius 2 is 1.81 bits per heavy atom. The summed E-state index contributed by atoms with van der Waals surface area (Å²) in [5, 5.41) is 3.33. The molecule has 0 aromatic heterocycles. The maximum Gasteiger partial charge on any atom is 0.194 e. The van der Waals surface area contributed by atoms with Crippen LogP contribution in [-0.2, 0) is 0 Å². The molecule has 118 valence electrons. The highest BCUT2D eigenvalue weighted by Crippen LogP contribution is 2.38. The molecule has 21 heavy (non-hydrogen) atoms. The highest BCUT2D eigenvalue weighted by molar-refractivity contribution is 5.23. The second-order valence-corrected chi connectivity index (χ2v) is 6.03. The Kier molecular flexibility index (Phi) is 5.68. The van der Waals surface area contributed by atoms with Crippen molar-refractivity contribution in [1.29, 1.82) is 0 Å². The Bertz CT molecular complexity index is 452. The van der Waals surface area contributed by atoms with Gasteiger partial charge in [-0.2, -0.15) is 0 Å². The molecule has 1 aliphatic carbocycles. The van der Waals surface area contributed by atoms with E-state index in [0.29, 0.717) is 17.4 Å². The van der Waals surface area contributed by atoms with Crippen LogP contribution in [0.2, 0.25) is 0 Å². The molecule has 1 nitrogen and oxygen atoms in total. The van der Waals surface area contributed by atoms with E-state index in [2.05, 4.69) is 12.2 Å². The SMILES string of the molecule is CCNC(c1cc(F)c(F)c(F)c1)C1CCCC(CC)C1. The van der Waals surface area contributed by atoms with Crippen LogP contribution < -0.4 is 5.32 Å². The number of hydrogen-bond acceptors (Lipinski definition) is 1.